The van der Waals surface area contributed by atoms with Crippen LogP contribution in [0.4, 0.5) is 14.9 Å². The van der Waals surface area contributed by atoms with E-state index in [9.17, 15) is 9.18 Å². The summed E-state index contributed by atoms with van der Waals surface area (Å²) >= 11 is 0. The molecular weight excluding hydrogens is 343 g/mol. The average molecular weight is 364 g/mol. The summed E-state index contributed by atoms with van der Waals surface area (Å²) in [6.07, 6.45) is 4.57. The Morgan fingerprint density at radius 3 is 2.70 bits per heavy atom. The molecule has 1 saturated heterocycles. The van der Waals surface area contributed by atoms with Crippen molar-refractivity contribution in [1.29, 1.82) is 0 Å². The topological polar surface area (TPSA) is 61.0 Å². The van der Waals surface area contributed by atoms with E-state index in [0.717, 1.165) is 36.3 Å². The van der Waals surface area contributed by atoms with Crippen LogP contribution in [-0.4, -0.2) is 27.4 Å². The van der Waals surface area contributed by atoms with E-state index < -0.39 is 5.82 Å². The Morgan fingerprint density at radius 2 is 1.89 bits per heavy atom. The van der Waals surface area contributed by atoms with Crippen LogP contribution in [0.25, 0.3) is 11.3 Å². The van der Waals surface area contributed by atoms with E-state index in [1.165, 1.54) is 6.07 Å². The number of aromatic nitrogens is 2. The van der Waals surface area contributed by atoms with Crippen molar-refractivity contribution < 1.29 is 9.18 Å². The van der Waals surface area contributed by atoms with Crippen LogP contribution in [0.15, 0.2) is 60.8 Å². The number of H-pyrrole nitrogens is 1. The zero-order valence-corrected chi connectivity index (χ0v) is 14.9. The number of carbonyl (C=O) groups excluding carboxylic acids is 1. The molecule has 1 fully saturated rings. The number of halogens is 1. The number of para-hydroxylation sites is 1. The van der Waals surface area contributed by atoms with Gasteiger partial charge in [0.05, 0.1) is 23.6 Å². The van der Waals surface area contributed by atoms with Gasteiger partial charge in [0.25, 0.3) is 0 Å². The summed E-state index contributed by atoms with van der Waals surface area (Å²) in [4.78, 5) is 22.4. The maximum Gasteiger partial charge on any atom is 0.322 e. The molecule has 0 radical (unpaired) electrons. The van der Waals surface area contributed by atoms with E-state index >= 15 is 0 Å². The zero-order valence-electron chi connectivity index (χ0n) is 14.9. The first-order valence-electron chi connectivity index (χ1n) is 9.15. The molecule has 0 spiro atoms. The van der Waals surface area contributed by atoms with Crippen molar-refractivity contribution in [3.05, 3.63) is 72.4 Å². The van der Waals surface area contributed by atoms with Crippen LogP contribution in [-0.2, 0) is 0 Å². The minimum atomic E-state index is -0.441. The van der Waals surface area contributed by atoms with Crippen LogP contribution in [0.5, 0.6) is 0 Å². The summed E-state index contributed by atoms with van der Waals surface area (Å²) in [6, 6.07) is 15.7. The predicted molar refractivity (Wildman–Crippen MR) is 103 cm³/mol. The molecule has 1 aliphatic rings. The molecule has 3 aromatic rings. The summed E-state index contributed by atoms with van der Waals surface area (Å²) in [6.45, 7) is 0.617. The van der Waals surface area contributed by atoms with Gasteiger partial charge in [0.1, 0.15) is 11.6 Å². The second-order valence-electron chi connectivity index (χ2n) is 6.66. The largest absolute Gasteiger partial charge is 0.340 e. The van der Waals surface area contributed by atoms with Gasteiger partial charge in [0, 0.05) is 6.54 Å². The van der Waals surface area contributed by atoms with E-state index in [2.05, 4.69) is 15.3 Å². The molecule has 6 heteroatoms. The van der Waals surface area contributed by atoms with Crippen molar-refractivity contribution in [2.24, 2.45) is 0 Å². The number of amides is 2. The Bertz CT molecular complexity index is 925. The number of aromatic amines is 1. The number of nitrogens with zero attached hydrogens (tertiary/aromatic N) is 2. The third kappa shape index (κ3) is 3.69. The van der Waals surface area contributed by atoms with Crippen LogP contribution in [0.2, 0.25) is 0 Å². The molecule has 0 unspecified atom stereocenters. The quantitative estimate of drug-likeness (QED) is 0.689. The number of imidazole rings is 1. The number of anilines is 1. The van der Waals surface area contributed by atoms with Crippen molar-refractivity contribution in [2.45, 2.75) is 25.3 Å². The molecule has 2 N–H and O–H groups in total. The van der Waals surface area contributed by atoms with Gasteiger partial charge in [-0.3, -0.25) is 0 Å². The van der Waals surface area contributed by atoms with Gasteiger partial charge in [0.15, 0.2) is 0 Å². The molecule has 1 aliphatic heterocycles. The Balaban J connectivity index is 1.55. The van der Waals surface area contributed by atoms with Gasteiger partial charge in [-0.2, -0.15) is 0 Å². The van der Waals surface area contributed by atoms with Gasteiger partial charge in [-0.1, -0.05) is 42.5 Å². The average Bonchev–Trinajstić information content (AvgIpc) is 3.20. The molecule has 2 amide bonds. The van der Waals surface area contributed by atoms with Crippen LogP contribution < -0.4 is 5.32 Å². The standard InChI is InChI=1S/C21H21FN4O/c22-16-10-4-5-11-17(16)25-21(27)26-13-7-6-12-19(26)20-23-14-18(24-20)15-8-2-1-3-9-15/h1-5,8-11,14,19H,6-7,12-13H2,(H,23,24)(H,25,27)/t19-/m0/s1. The highest BCUT2D eigenvalue weighted by Gasteiger charge is 2.30. The number of piperidine rings is 1. The lowest BCUT2D eigenvalue weighted by atomic mass is 10.0. The smallest absolute Gasteiger partial charge is 0.322 e. The van der Waals surface area contributed by atoms with E-state index in [1.807, 2.05) is 30.3 Å². The number of rotatable bonds is 3. The fourth-order valence-corrected chi connectivity index (χ4v) is 3.48. The summed E-state index contributed by atoms with van der Waals surface area (Å²) < 4.78 is 13.9. The summed E-state index contributed by atoms with van der Waals surface area (Å²) in [5.74, 6) is 0.320. The number of carbonyl (C=O) groups is 1. The zero-order chi connectivity index (χ0) is 18.6. The third-order valence-corrected chi connectivity index (χ3v) is 4.88. The van der Waals surface area contributed by atoms with Gasteiger partial charge in [-0.05, 0) is 37.0 Å². The highest BCUT2D eigenvalue weighted by Crippen LogP contribution is 2.31. The number of benzene rings is 2. The minimum Gasteiger partial charge on any atom is -0.340 e. The maximum atomic E-state index is 13.9. The van der Waals surface area contributed by atoms with Crippen LogP contribution >= 0.6 is 0 Å². The van der Waals surface area contributed by atoms with Crippen molar-refractivity contribution in [3.8, 4) is 11.3 Å². The van der Waals surface area contributed by atoms with Crippen molar-refractivity contribution in [2.75, 3.05) is 11.9 Å². The second-order valence-corrected chi connectivity index (χ2v) is 6.66. The lowest BCUT2D eigenvalue weighted by Crippen LogP contribution is -2.41. The Hall–Kier alpha value is -3.15. The fraction of sp³-hybridized carbons (Fsp3) is 0.238. The van der Waals surface area contributed by atoms with Gasteiger partial charge < -0.3 is 15.2 Å². The molecule has 138 valence electrons. The van der Waals surface area contributed by atoms with Gasteiger partial charge in [-0.25, -0.2) is 14.2 Å². The fourth-order valence-electron chi connectivity index (χ4n) is 3.48. The van der Waals surface area contributed by atoms with E-state index in [-0.39, 0.29) is 17.8 Å². The van der Waals surface area contributed by atoms with Gasteiger partial charge >= 0.3 is 6.03 Å². The second kappa shape index (κ2) is 7.61. The van der Waals surface area contributed by atoms with Crippen molar-refractivity contribution in [3.63, 3.8) is 0 Å². The maximum absolute atomic E-state index is 13.9. The molecule has 0 bridgehead atoms. The predicted octanol–water partition coefficient (Wildman–Crippen LogP) is 4.97. The van der Waals surface area contributed by atoms with Crippen LogP contribution in [0.3, 0.4) is 0 Å². The van der Waals surface area contributed by atoms with Crippen molar-refractivity contribution >= 4 is 11.7 Å². The molecule has 4 rings (SSSR count). The summed E-state index contributed by atoms with van der Waals surface area (Å²) in [5.41, 5.74) is 2.16. The van der Waals surface area contributed by atoms with Gasteiger partial charge in [-0.15, -0.1) is 0 Å². The molecular formula is C21H21FN4O. The molecule has 2 heterocycles. The van der Waals surface area contributed by atoms with Gasteiger partial charge in [0.2, 0.25) is 0 Å². The van der Waals surface area contributed by atoms with Crippen molar-refractivity contribution in [1.82, 2.24) is 14.9 Å². The number of hydrogen-bond acceptors (Lipinski definition) is 2. The normalized spacial score (nSPS) is 16.9. The number of hydrogen-bond donors (Lipinski definition) is 2. The first-order chi connectivity index (χ1) is 13.2. The molecule has 27 heavy (non-hydrogen) atoms. The molecule has 2 aromatic carbocycles. The highest BCUT2D eigenvalue weighted by molar-refractivity contribution is 5.89. The summed E-state index contributed by atoms with van der Waals surface area (Å²) in [5, 5.41) is 2.69. The molecule has 0 aliphatic carbocycles. The first-order valence-corrected chi connectivity index (χ1v) is 9.15. The number of likely N-dealkylation sites (tertiary alicyclic amines) is 1. The number of urea groups is 1. The molecule has 0 saturated carbocycles. The number of nitrogens with one attached hydrogen (secondary N) is 2. The van der Waals surface area contributed by atoms with E-state index in [4.69, 9.17) is 0 Å². The lowest BCUT2D eigenvalue weighted by molar-refractivity contribution is 0.160. The van der Waals surface area contributed by atoms with E-state index in [1.54, 1.807) is 29.3 Å². The van der Waals surface area contributed by atoms with Crippen LogP contribution in [0.1, 0.15) is 31.1 Å². The molecule has 1 atom stereocenters. The monoisotopic (exact) mass is 364 g/mol. The molecule has 5 nitrogen and oxygen atoms in total. The highest BCUT2D eigenvalue weighted by atomic mass is 19.1. The van der Waals surface area contributed by atoms with E-state index in [0.29, 0.717) is 6.54 Å². The lowest BCUT2D eigenvalue weighted by Gasteiger charge is -2.34. The third-order valence-electron chi connectivity index (χ3n) is 4.88. The first kappa shape index (κ1) is 17.3. The minimum absolute atomic E-state index is 0.150. The summed E-state index contributed by atoms with van der Waals surface area (Å²) in [7, 11) is 0. The SMILES string of the molecule is O=C(Nc1ccccc1F)N1CCCC[C@H]1c1ncc(-c2ccccc2)[nH]1. The Labute approximate surface area is 157 Å². The Kier molecular flexibility index (Phi) is 4.87. The Morgan fingerprint density at radius 1 is 1.11 bits per heavy atom. The van der Waals surface area contributed by atoms with Crippen LogP contribution in [0, 0.1) is 5.82 Å². The molecule has 1 aromatic heterocycles.